The Hall–Kier alpha value is 0.0739. The molecule has 0 saturated carbocycles. The molecule has 1 radical (unpaired) electrons. The average molecular weight is 277 g/mol. The summed E-state index contributed by atoms with van der Waals surface area (Å²) in [6, 6.07) is 0. The van der Waals surface area contributed by atoms with Crippen molar-refractivity contribution >= 4 is 11.8 Å². The van der Waals surface area contributed by atoms with Gasteiger partial charge in [-0.2, -0.15) is 0 Å². The minimum atomic E-state index is -0.993. The summed E-state index contributed by atoms with van der Waals surface area (Å²) in [5.41, 5.74) is -0.993. The molecule has 1 unspecified atom stereocenters. The third kappa shape index (κ3) is 6.52. The molecule has 0 bridgehead atoms. The van der Waals surface area contributed by atoms with Crippen LogP contribution >= 0.6 is 0 Å². The maximum absolute atomic E-state index is 10.9. The molecule has 81 valence electrons. The van der Waals surface area contributed by atoms with Gasteiger partial charge >= 0.3 is 0 Å². The minimum absolute atomic E-state index is 0. The minimum Gasteiger partial charge on any atom is -0.487 e. The number of ketones is 1. The van der Waals surface area contributed by atoms with Crippen molar-refractivity contribution in [2.24, 2.45) is 5.41 Å². The van der Waals surface area contributed by atoms with Crippen molar-refractivity contribution in [3.8, 4) is 0 Å². The van der Waals surface area contributed by atoms with Gasteiger partial charge in [0.25, 0.3) is 0 Å². The molecule has 0 aliphatic carbocycles. The van der Waals surface area contributed by atoms with Crippen molar-refractivity contribution in [3.63, 3.8) is 0 Å². The molecule has 0 saturated heterocycles. The van der Waals surface area contributed by atoms with Crippen LogP contribution in [0, 0.1) is 19.8 Å². The normalized spacial score (nSPS) is 12.8. The molecule has 0 aromatic rings. The number of hydrogen-bond donors (Lipinski definition) is 1. The number of esters is 1. The van der Waals surface area contributed by atoms with Crippen LogP contribution in [0.2, 0.25) is 0 Å². The second-order valence-corrected chi connectivity index (χ2v) is 2.94. The number of aliphatic hydroxyl groups is 1. The van der Waals surface area contributed by atoms with Gasteiger partial charge in [-0.05, 0) is 13.8 Å². The molecule has 1 atom stereocenters. The molecule has 1 N–H and O–H groups in total. The van der Waals surface area contributed by atoms with E-state index in [4.69, 9.17) is 5.11 Å². The molecular weight excluding hydrogens is 261 g/mol. The Morgan fingerprint density at radius 1 is 1.50 bits per heavy atom. The molecule has 0 amide bonds. The Bertz CT molecular complexity index is 193. The number of hydrogen-bond acceptors (Lipinski definition) is 4. The molecule has 0 heterocycles. The summed E-state index contributed by atoms with van der Waals surface area (Å²) < 4.78 is 4.53. The molecule has 5 heteroatoms. The standard InChI is InChI=1S/C8H13O4.CH3.Y/c1-6(10)8(3,4-9)5-12-7(2)11;;/h9H,2,4-5H2,1,3H3;1H3;/q2*-1;. The molecule has 0 aromatic carbocycles. The van der Waals surface area contributed by atoms with Gasteiger partial charge in [-0.1, -0.05) is 0 Å². The number of Topliss-reactive ketones (excluding diaryl/α,β-unsaturated/α-hetero) is 1. The zero-order chi connectivity index (χ0) is 9.78. The first-order valence-corrected chi connectivity index (χ1v) is 3.53. The first-order valence-electron chi connectivity index (χ1n) is 3.53. The van der Waals surface area contributed by atoms with Gasteiger partial charge in [-0.3, -0.25) is 16.5 Å². The summed E-state index contributed by atoms with van der Waals surface area (Å²) in [4.78, 5) is 21.2. The van der Waals surface area contributed by atoms with Gasteiger partial charge in [0, 0.05) is 32.7 Å². The van der Waals surface area contributed by atoms with E-state index in [1.54, 1.807) is 0 Å². The van der Waals surface area contributed by atoms with E-state index in [1.165, 1.54) is 13.8 Å². The first kappa shape index (κ1) is 19.6. The summed E-state index contributed by atoms with van der Waals surface area (Å²) in [5.74, 6) is -0.915. The van der Waals surface area contributed by atoms with Gasteiger partial charge in [0.2, 0.25) is 0 Å². The van der Waals surface area contributed by atoms with Gasteiger partial charge in [0.15, 0.2) is 5.97 Å². The predicted molar refractivity (Wildman–Crippen MR) is 48.6 cm³/mol. The summed E-state index contributed by atoms with van der Waals surface area (Å²) in [7, 11) is 0. The number of rotatable bonds is 4. The van der Waals surface area contributed by atoms with Crippen molar-refractivity contribution in [1.29, 1.82) is 0 Å². The van der Waals surface area contributed by atoms with E-state index in [0.717, 1.165) is 0 Å². The van der Waals surface area contributed by atoms with E-state index in [-0.39, 0.29) is 59.1 Å². The molecule has 0 aliphatic rings. The summed E-state index contributed by atoms with van der Waals surface area (Å²) in [5, 5.41) is 8.84. The predicted octanol–water partition coefficient (Wildman–Crippen LogP) is 0.399. The second kappa shape index (κ2) is 8.39. The fourth-order valence-electron chi connectivity index (χ4n) is 0.498. The second-order valence-electron chi connectivity index (χ2n) is 2.94. The number of ether oxygens (including phenoxy) is 1. The summed E-state index contributed by atoms with van der Waals surface area (Å²) >= 11 is 0. The molecule has 4 nitrogen and oxygen atoms in total. The van der Waals surface area contributed by atoms with Crippen LogP contribution in [0.25, 0.3) is 0 Å². The molecule has 0 fully saturated rings. The van der Waals surface area contributed by atoms with Gasteiger partial charge in [0.1, 0.15) is 12.4 Å². The Kier molecular flexibility index (Phi) is 11.8. The van der Waals surface area contributed by atoms with E-state index < -0.39 is 11.4 Å². The smallest absolute Gasteiger partial charge is 0.164 e. The zero-order valence-electron chi connectivity index (χ0n) is 8.87. The first-order chi connectivity index (χ1) is 5.42. The van der Waals surface area contributed by atoms with Gasteiger partial charge in [-0.25, -0.2) is 0 Å². The number of carbonyl (C=O) groups is 2. The van der Waals surface area contributed by atoms with E-state index in [1.807, 2.05) is 0 Å². The van der Waals surface area contributed by atoms with Crippen LogP contribution < -0.4 is 0 Å². The topological polar surface area (TPSA) is 63.6 Å². The van der Waals surface area contributed by atoms with Gasteiger partial charge in [-0.15, -0.1) is 0 Å². The van der Waals surface area contributed by atoms with Crippen molar-refractivity contribution < 1.29 is 52.1 Å². The van der Waals surface area contributed by atoms with Crippen LogP contribution in [-0.4, -0.2) is 30.1 Å². The third-order valence-electron chi connectivity index (χ3n) is 1.75. The summed E-state index contributed by atoms with van der Waals surface area (Å²) in [6.07, 6.45) is 0. The van der Waals surface area contributed by atoms with Crippen molar-refractivity contribution in [2.45, 2.75) is 13.8 Å². The average Bonchev–Trinajstić information content (AvgIpc) is 1.99. The van der Waals surface area contributed by atoms with Crippen LogP contribution in [-0.2, 0) is 47.0 Å². The SMILES string of the molecule is [CH2-]C(=O)OCC(C)(CO)C(C)=O.[CH3-].[Y]. The molecule has 0 rings (SSSR count). The van der Waals surface area contributed by atoms with Crippen LogP contribution in [0.15, 0.2) is 0 Å². The van der Waals surface area contributed by atoms with Gasteiger partial charge in [0.05, 0.1) is 12.0 Å². The van der Waals surface area contributed by atoms with Crippen molar-refractivity contribution in [3.05, 3.63) is 14.4 Å². The molecule has 14 heavy (non-hydrogen) atoms. The third-order valence-corrected chi connectivity index (χ3v) is 1.75. The molecule has 0 spiro atoms. The van der Waals surface area contributed by atoms with Crippen LogP contribution in [0.5, 0.6) is 0 Å². The zero-order valence-corrected chi connectivity index (χ0v) is 11.7. The van der Waals surface area contributed by atoms with E-state index >= 15 is 0 Å². The Morgan fingerprint density at radius 2 is 1.93 bits per heavy atom. The monoisotopic (exact) mass is 277 g/mol. The fraction of sp³-hybridized carbons (Fsp3) is 0.556. The van der Waals surface area contributed by atoms with Crippen LogP contribution in [0.3, 0.4) is 0 Å². The Morgan fingerprint density at radius 3 is 2.14 bits per heavy atom. The summed E-state index contributed by atoms with van der Waals surface area (Å²) in [6.45, 7) is 5.39. The number of aliphatic hydroxyl groups excluding tert-OH is 1. The maximum Gasteiger partial charge on any atom is 0.164 e. The van der Waals surface area contributed by atoms with E-state index in [0.29, 0.717) is 0 Å². The Labute approximate surface area is 110 Å². The number of carbonyl (C=O) groups excluding carboxylic acids is 2. The van der Waals surface area contributed by atoms with Gasteiger partial charge < -0.3 is 17.3 Å². The fourth-order valence-corrected chi connectivity index (χ4v) is 0.498. The van der Waals surface area contributed by atoms with E-state index in [9.17, 15) is 9.59 Å². The molecule has 0 aliphatic heterocycles. The van der Waals surface area contributed by atoms with Crippen molar-refractivity contribution in [1.82, 2.24) is 0 Å². The molecule has 0 aromatic heterocycles. The quantitative estimate of drug-likeness (QED) is 0.596. The largest absolute Gasteiger partial charge is 0.487 e. The molecular formula is C9H16O4Y-2. The Balaban J connectivity index is -0.000000605. The van der Waals surface area contributed by atoms with Crippen LogP contribution in [0.4, 0.5) is 0 Å². The van der Waals surface area contributed by atoms with E-state index in [2.05, 4.69) is 11.7 Å². The van der Waals surface area contributed by atoms with Crippen molar-refractivity contribution in [2.75, 3.05) is 13.2 Å². The van der Waals surface area contributed by atoms with Crippen LogP contribution in [0.1, 0.15) is 13.8 Å². The maximum atomic E-state index is 10.9.